The lowest BCUT2D eigenvalue weighted by Gasteiger charge is -2.17. The normalized spacial score (nSPS) is 16.1. The smallest absolute Gasteiger partial charge is 0.227 e. The second-order valence-electron chi connectivity index (χ2n) is 7.71. The zero-order chi connectivity index (χ0) is 21.3. The number of anilines is 2. The number of aromatic nitrogens is 3. The molecule has 1 unspecified atom stereocenters. The summed E-state index contributed by atoms with van der Waals surface area (Å²) in [5.41, 5.74) is 4.29. The van der Waals surface area contributed by atoms with E-state index in [1.807, 2.05) is 37.8 Å². The molecule has 3 aromatic rings. The summed E-state index contributed by atoms with van der Waals surface area (Å²) in [5, 5.41) is 7.12. The summed E-state index contributed by atoms with van der Waals surface area (Å²) in [6, 6.07) is 6.86. The van der Waals surface area contributed by atoms with E-state index in [0.29, 0.717) is 31.1 Å². The number of hydrogen-bond acceptors (Lipinski definition) is 6. The molecule has 3 aromatic heterocycles. The fraction of sp³-hybridized carbons (Fsp3) is 0.364. The number of hydrogen-bond donors (Lipinski definition) is 1. The van der Waals surface area contributed by atoms with Crippen LogP contribution in [0.5, 0.6) is 0 Å². The molecule has 4 heterocycles. The Labute approximate surface area is 174 Å². The third-order valence-electron chi connectivity index (χ3n) is 5.44. The Balaban J connectivity index is 1.45. The van der Waals surface area contributed by atoms with E-state index in [-0.39, 0.29) is 17.6 Å². The Hall–Kier alpha value is -3.29. The Morgan fingerprint density at radius 2 is 2.13 bits per heavy atom. The van der Waals surface area contributed by atoms with Crippen molar-refractivity contribution in [3.63, 3.8) is 0 Å². The summed E-state index contributed by atoms with van der Waals surface area (Å²) < 4.78 is 18.2. The predicted molar refractivity (Wildman–Crippen MR) is 110 cm³/mol. The van der Waals surface area contributed by atoms with Gasteiger partial charge in [-0.2, -0.15) is 0 Å². The number of aryl methyl sites for hydroxylation is 3. The van der Waals surface area contributed by atoms with Crippen LogP contribution in [-0.2, 0) is 11.2 Å². The molecular formula is C22H24FN5O2. The standard InChI is InChI=1S/C22H24FN5O2/c1-13-8-18(26-21-5-4-17(23)11-24-21)9-20(25-13)16-6-7-28(12-16)22(29)10-19-14(2)27-30-15(19)3/h4-5,8-9,11,16H,6-7,10,12H2,1-3H3,(H,24,25,26). The summed E-state index contributed by atoms with van der Waals surface area (Å²) in [5.74, 6) is 1.13. The van der Waals surface area contributed by atoms with Crippen LogP contribution in [0.3, 0.4) is 0 Å². The number of halogens is 1. The average molecular weight is 409 g/mol. The molecular weight excluding hydrogens is 385 g/mol. The minimum absolute atomic E-state index is 0.0772. The van der Waals surface area contributed by atoms with Crippen molar-refractivity contribution in [2.24, 2.45) is 0 Å². The van der Waals surface area contributed by atoms with Crippen LogP contribution < -0.4 is 5.32 Å². The van der Waals surface area contributed by atoms with E-state index in [1.165, 1.54) is 12.3 Å². The summed E-state index contributed by atoms with van der Waals surface area (Å²) in [6.07, 6.45) is 2.34. The first kappa shape index (κ1) is 20.0. The van der Waals surface area contributed by atoms with Gasteiger partial charge >= 0.3 is 0 Å². The van der Waals surface area contributed by atoms with Gasteiger partial charge in [-0.1, -0.05) is 5.16 Å². The zero-order valence-electron chi connectivity index (χ0n) is 17.3. The maximum absolute atomic E-state index is 13.1. The lowest BCUT2D eigenvalue weighted by molar-refractivity contribution is -0.129. The van der Waals surface area contributed by atoms with E-state index in [9.17, 15) is 9.18 Å². The summed E-state index contributed by atoms with van der Waals surface area (Å²) in [6.45, 7) is 6.95. The maximum Gasteiger partial charge on any atom is 0.227 e. The maximum atomic E-state index is 13.1. The molecule has 1 N–H and O–H groups in total. The van der Waals surface area contributed by atoms with Gasteiger partial charge in [0.05, 0.1) is 18.3 Å². The molecule has 1 amide bonds. The molecule has 4 rings (SSSR count). The van der Waals surface area contributed by atoms with Gasteiger partial charge in [0, 0.05) is 41.6 Å². The minimum Gasteiger partial charge on any atom is -0.361 e. The van der Waals surface area contributed by atoms with Crippen LogP contribution in [0.15, 0.2) is 35.0 Å². The molecule has 1 atom stereocenters. The van der Waals surface area contributed by atoms with Gasteiger partial charge in [0.2, 0.25) is 5.91 Å². The highest BCUT2D eigenvalue weighted by Crippen LogP contribution is 2.29. The molecule has 0 radical (unpaired) electrons. The lowest BCUT2D eigenvalue weighted by Crippen LogP contribution is -2.30. The van der Waals surface area contributed by atoms with E-state index in [2.05, 4.69) is 20.4 Å². The van der Waals surface area contributed by atoms with E-state index >= 15 is 0 Å². The third-order valence-corrected chi connectivity index (χ3v) is 5.44. The first-order valence-electron chi connectivity index (χ1n) is 9.95. The third kappa shape index (κ3) is 4.32. The van der Waals surface area contributed by atoms with Crippen molar-refractivity contribution in [2.75, 3.05) is 18.4 Å². The summed E-state index contributed by atoms with van der Waals surface area (Å²) in [4.78, 5) is 23.4. The van der Waals surface area contributed by atoms with Crippen LogP contribution in [0.4, 0.5) is 15.9 Å². The van der Waals surface area contributed by atoms with Gasteiger partial charge in [-0.15, -0.1) is 0 Å². The van der Waals surface area contributed by atoms with Crippen molar-refractivity contribution in [1.82, 2.24) is 20.0 Å². The van der Waals surface area contributed by atoms with Crippen molar-refractivity contribution in [3.05, 3.63) is 64.7 Å². The van der Waals surface area contributed by atoms with Crippen LogP contribution in [0.1, 0.15) is 40.7 Å². The highest BCUT2D eigenvalue weighted by Gasteiger charge is 2.29. The fourth-order valence-corrected chi connectivity index (χ4v) is 3.82. The van der Waals surface area contributed by atoms with Crippen LogP contribution in [0, 0.1) is 26.6 Å². The monoisotopic (exact) mass is 409 g/mol. The number of amides is 1. The van der Waals surface area contributed by atoms with Crippen molar-refractivity contribution >= 4 is 17.4 Å². The van der Waals surface area contributed by atoms with Gasteiger partial charge in [0.15, 0.2) is 0 Å². The number of rotatable bonds is 5. The van der Waals surface area contributed by atoms with Gasteiger partial charge in [-0.05, 0) is 51.5 Å². The molecule has 8 heteroatoms. The van der Waals surface area contributed by atoms with Crippen LogP contribution in [-0.4, -0.2) is 39.0 Å². The predicted octanol–water partition coefficient (Wildman–Crippen LogP) is 3.83. The molecule has 0 aromatic carbocycles. The molecule has 1 saturated heterocycles. The Bertz CT molecular complexity index is 1040. The molecule has 1 fully saturated rings. The number of carbonyl (C=O) groups excluding carboxylic acids is 1. The molecule has 30 heavy (non-hydrogen) atoms. The molecule has 0 saturated carbocycles. The van der Waals surface area contributed by atoms with E-state index in [0.717, 1.165) is 34.8 Å². The largest absolute Gasteiger partial charge is 0.361 e. The van der Waals surface area contributed by atoms with Gasteiger partial charge in [-0.25, -0.2) is 9.37 Å². The van der Waals surface area contributed by atoms with E-state index in [1.54, 1.807) is 6.07 Å². The first-order valence-corrected chi connectivity index (χ1v) is 9.95. The van der Waals surface area contributed by atoms with E-state index < -0.39 is 0 Å². The topological polar surface area (TPSA) is 84.2 Å². The number of nitrogens with one attached hydrogen (secondary N) is 1. The number of nitrogens with zero attached hydrogens (tertiary/aromatic N) is 4. The quantitative estimate of drug-likeness (QED) is 0.689. The Morgan fingerprint density at radius 1 is 1.30 bits per heavy atom. The van der Waals surface area contributed by atoms with Gasteiger partial charge in [0.1, 0.15) is 17.4 Å². The molecule has 0 aliphatic carbocycles. The highest BCUT2D eigenvalue weighted by atomic mass is 19.1. The average Bonchev–Trinajstić information content (AvgIpc) is 3.32. The molecule has 1 aliphatic rings. The summed E-state index contributed by atoms with van der Waals surface area (Å²) >= 11 is 0. The summed E-state index contributed by atoms with van der Waals surface area (Å²) in [7, 11) is 0. The molecule has 0 spiro atoms. The minimum atomic E-state index is -0.376. The second kappa shape index (κ2) is 8.22. The number of pyridine rings is 2. The number of likely N-dealkylation sites (tertiary alicyclic amines) is 1. The first-order chi connectivity index (χ1) is 14.4. The van der Waals surface area contributed by atoms with Crippen LogP contribution >= 0.6 is 0 Å². The van der Waals surface area contributed by atoms with Crippen molar-refractivity contribution in [1.29, 1.82) is 0 Å². The fourth-order valence-electron chi connectivity index (χ4n) is 3.82. The SMILES string of the molecule is Cc1cc(Nc2ccc(F)cn2)cc(C2CCN(C(=O)Cc3c(C)noc3C)C2)n1. The number of carbonyl (C=O) groups is 1. The molecule has 0 bridgehead atoms. The van der Waals surface area contributed by atoms with Gasteiger partial charge in [0.25, 0.3) is 0 Å². The second-order valence-corrected chi connectivity index (χ2v) is 7.71. The lowest BCUT2D eigenvalue weighted by atomic mass is 10.0. The van der Waals surface area contributed by atoms with Gasteiger partial charge in [-0.3, -0.25) is 9.78 Å². The van der Waals surface area contributed by atoms with E-state index in [4.69, 9.17) is 4.52 Å². The van der Waals surface area contributed by atoms with Crippen LogP contribution in [0.2, 0.25) is 0 Å². The van der Waals surface area contributed by atoms with Gasteiger partial charge < -0.3 is 14.7 Å². The van der Waals surface area contributed by atoms with Crippen LogP contribution in [0.25, 0.3) is 0 Å². The zero-order valence-corrected chi connectivity index (χ0v) is 17.3. The molecule has 156 valence electrons. The van der Waals surface area contributed by atoms with Crippen molar-refractivity contribution in [2.45, 2.75) is 39.5 Å². The van der Waals surface area contributed by atoms with Crippen molar-refractivity contribution in [3.8, 4) is 0 Å². The molecule has 7 nitrogen and oxygen atoms in total. The van der Waals surface area contributed by atoms with Crippen molar-refractivity contribution < 1.29 is 13.7 Å². The molecule has 1 aliphatic heterocycles. The Kier molecular flexibility index (Phi) is 5.48. The Morgan fingerprint density at radius 3 is 2.83 bits per heavy atom. The highest BCUT2D eigenvalue weighted by molar-refractivity contribution is 5.79.